The van der Waals surface area contributed by atoms with Gasteiger partial charge in [0.1, 0.15) is 28.7 Å². The van der Waals surface area contributed by atoms with Crippen LogP contribution in [0.4, 0.5) is 5.69 Å². The summed E-state index contributed by atoms with van der Waals surface area (Å²) in [5.74, 6) is -0.210. The van der Waals surface area contributed by atoms with E-state index >= 15 is 0 Å². The van der Waals surface area contributed by atoms with E-state index in [2.05, 4.69) is 19.7 Å². The van der Waals surface area contributed by atoms with Crippen molar-refractivity contribution in [3.63, 3.8) is 0 Å². The number of phenolic OH excluding ortho intramolecular Hbond substituents is 1. The zero-order valence-corrected chi connectivity index (χ0v) is 18.9. The molecule has 0 fully saturated rings. The van der Waals surface area contributed by atoms with Gasteiger partial charge in [-0.1, -0.05) is 16.7 Å². The summed E-state index contributed by atoms with van der Waals surface area (Å²) in [5, 5.41) is 13.9. The zero-order chi connectivity index (χ0) is 24.0. The minimum absolute atomic E-state index is 0.0112. The molecule has 0 aliphatic rings. The van der Waals surface area contributed by atoms with E-state index in [9.17, 15) is 9.90 Å². The lowest BCUT2D eigenvalue weighted by Crippen LogP contribution is -2.07. The largest absolute Gasteiger partial charge is 0.507 e. The van der Waals surface area contributed by atoms with Crippen LogP contribution < -0.4 is 9.47 Å². The van der Waals surface area contributed by atoms with E-state index in [0.717, 1.165) is 0 Å². The van der Waals surface area contributed by atoms with Crippen molar-refractivity contribution in [1.29, 1.82) is 0 Å². The van der Waals surface area contributed by atoms with Gasteiger partial charge in [0.25, 0.3) is 0 Å². The van der Waals surface area contributed by atoms with Crippen LogP contribution in [0.25, 0.3) is 21.6 Å². The van der Waals surface area contributed by atoms with Crippen molar-refractivity contribution < 1.29 is 24.1 Å². The number of rotatable bonds is 8. The Balaban J connectivity index is 1.89. The second kappa shape index (κ2) is 10.6. The maximum Gasteiger partial charge on any atom is 0.341 e. The van der Waals surface area contributed by atoms with Crippen molar-refractivity contribution in [2.75, 3.05) is 7.11 Å². The van der Waals surface area contributed by atoms with Gasteiger partial charge in [0, 0.05) is 22.4 Å². The molecular weight excluding hydrogens is 448 g/mol. The van der Waals surface area contributed by atoms with E-state index in [1.54, 1.807) is 24.4 Å². The highest BCUT2D eigenvalue weighted by Gasteiger charge is 2.14. The number of carbonyl (C=O) groups is 1. The van der Waals surface area contributed by atoms with Crippen molar-refractivity contribution in [2.45, 2.75) is 26.6 Å². The molecule has 0 atom stereocenters. The van der Waals surface area contributed by atoms with Gasteiger partial charge in [-0.2, -0.15) is 0 Å². The number of hydrogen-bond acceptors (Lipinski definition) is 7. The van der Waals surface area contributed by atoms with Gasteiger partial charge in [0.2, 0.25) is 5.88 Å². The van der Waals surface area contributed by atoms with Gasteiger partial charge in [-0.25, -0.2) is 9.78 Å². The molecule has 1 N–H and O–H groups in total. The standard InChI is InChI=1S/C23H21ClN4O5/c1-13(2)33-22-20(24)9-16(11-26-22)15-6-14(7-17(8-15)27-28-25)12-32-18-4-5-21(29)19(10-18)23(30)31-3/h4-11,13,29H,12H2,1-3H3. The van der Waals surface area contributed by atoms with Gasteiger partial charge in [0.05, 0.1) is 13.2 Å². The highest BCUT2D eigenvalue weighted by Crippen LogP contribution is 2.32. The Hall–Kier alpha value is -3.94. The molecule has 0 aliphatic carbocycles. The van der Waals surface area contributed by atoms with Crippen LogP contribution in [0.2, 0.25) is 5.02 Å². The Morgan fingerprint density at radius 1 is 1.21 bits per heavy atom. The summed E-state index contributed by atoms with van der Waals surface area (Å²) >= 11 is 6.32. The summed E-state index contributed by atoms with van der Waals surface area (Å²) < 4.78 is 16.0. The molecule has 9 nitrogen and oxygen atoms in total. The molecular formula is C23H21ClN4O5. The number of carbonyl (C=O) groups excluding carboxylic acids is 1. The average molecular weight is 469 g/mol. The molecule has 1 heterocycles. The van der Waals surface area contributed by atoms with Crippen molar-refractivity contribution >= 4 is 23.3 Å². The number of esters is 1. The van der Waals surface area contributed by atoms with E-state index in [1.165, 1.54) is 25.3 Å². The molecule has 0 bridgehead atoms. The van der Waals surface area contributed by atoms with Gasteiger partial charge >= 0.3 is 5.97 Å². The molecule has 3 aromatic rings. The molecule has 170 valence electrons. The van der Waals surface area contributed by atoms with Crippen LogP contribution in [0.15, 0.2) is 53.8 Å². The van der Waals surface area contributed by atoms with Crippen LogP contribution in [-0.2, 0) is 11.3 Å². The van der Waals surface area contributed by atoms with Gasteiger partial charge in [-0.3, -0.25) is 0 Å². The predicted octanol–water partition coefficient (Wildman–Crippen LogP) is 6.20. The van der Waals surface area contributed by atoms with Crippen LogP contribution in [0.1, 0.15) is 29.8 Å². The van der Waals surface area contributed by atoms with Gasteiger partial charge in [0.15, 0.2) is 0 Å². The molecule has 0 unspecified atom stereocenters. The van der Waals surface area contributed by atoms with Crippen LogP contribution in [0.5, 0.6) is 17.4 Å². The van der Waals surface area contributed by atoms with E-state index in [1.807, 2.05) is 19.9 Å². The number of phenols is 1. The van der Waals surface area contributed by atoms with E-state index in [0.29, 0.717) is 39.0 Å². The summed E-state index contributed by atoms with van der Waals surface area (Å²) in [7, 11) is 1.22. The maximum absolute atomic E-state index is 11.8. The summed E-state index contributed by atoms with van der Waals surface area (Å²) in [6, 6.07) is 11.2. The number of ether oxygens (including phenoxy) is 3. The fourth-order valence-corrected chi connectivity index (χ4v) is 3.18. The first kappa shape index (κ1) is 23.7. The molecule has 0 saturated carbocycles. The van der Waals surface area contributed by atoms with E-state index < -0.39 is 5.97 Å². The number of benzene rings is 2. The monoisotopic (exact) mass is 468 g/mol. The third-order valence-corrected chi connectivity index (χ3v) is 4.68. The zero-order valence-electron chi connectivity index (χ0n) is 18.2. The summed E-state index contributed by atoms with van der Waals surface area (Å²) in [5.41, 5.74) is 11.4. The van der Waals surface area contributed by atoms with Crippen LogP contribution >= 0.6 is 11.6 Å². The molecule has 0 saturated heterocycles. The van der Waals surface area contributed by atoms with Crippen molar-refractivity contribution in [1.82, 2.24) is 4.98 Å². The number of aromatic hydroxyl groups is 1. The molecule has 2 aromatic carbocycles. The Bertz CT molecular complexity index is 1230. The molecule has 10 heteroatoms. The Morgan fingerprint density at radius 3 is 2.67 bits per heavy atom. The Kier molecular flexibility index (Phi) is 7.61. The quantitative estimate of drug-likeness (QED) is 0.181. The first-order valence-electron chi connectivity index (χ1n) is 9.86. The summed E-state index contributed by atoms with van der Waals surface area (Å²) in [4.78, 5) is 18.9. The first-order valence-corrected chi connectivity index (χ1v) is 10.2. The molecule has 0 aliphatic heterocycles. The second-order valence-electron chi connectivity index (χ2n) is 7.21. The maximum atomic E-state index is 11.8. The summed E-state index contributed by atoms with van der Waals surface area (Å²) in [6.07, 6.45) is 1.55. The number of nitrogens with zero attached hydrogens (tertiary/aromatic N) is 4. The number of methoxy groups -OCH3 is 1. The van der Waals surface area contributed by atoms with Crippen molar-refractivity contribution in [3.05, 3.63) is 75.3 Å². The average Bonchev–Trinajstić information content (AvgIpc) is 2.79. The molecule has 1 aromatic heterocycles. The Labute approximate surface area is 195 Å². The number of hydrogen-bond donors (Lipinski definition) is 1. The topological polar surface area (TPSA) is 127 Å². The second-order valence-corrected chi connectivity index (χ2v) is 7.62. The molecule has 0 radical (unpaired) electrons. The fraction of sp³-hybridized carbons (Fsp3) is 0.217. The van der Waals surface area contributed by atoms with Gasteiger partial charge < -0.3 is 19.3 Å². The van der Waals surface area contributed by atoms with E-state index in [4.69, 9.17) is 26.6 Å². The Morgan fingerprint density at radius 2 is 2.00 bits per heavy atom. The van der Waals surface area contributed by atoms with Gasteiger partial charge in [-0.15, -0.1) is 0 Å². The van der Waals surface area contributed by atoms with E-state index in [-0.39, 0.29) is 24.0 Å². The lowest BCUT2D eigenvalue weighted by atomic mass is 10.0. The third-order valence-electron chi connectivity index (χ3n) is 4.40. The predicted molar refractivity (Wildman–Crippen MR) is 123 cm³/mol. The molecule has 3 rings (SSSR count). The number of halogens is 1. The van der Waals surface area contributed by atoms with Crippen LogP contribution in [0.3, 0.4) is 0 Å². The minimum atomic E-state index is -0.681. The first-order chi connectivity index (χ1) is 15.8. The smallest absolute Gasteiger partial charge is 0.341 e. The third kappa shape index (κ3) is 6.06. The SMILES string of the molecule is COC(=O)c1cc(OCc2cc(N=[N+]=[N-])cc(-c3cnc(OC(C)C)c(Cl)c3)c2)ccc1O. The highest BCUT2D eigenvalue weighted by atomic mass is 35.5. The number of azide groups is 1. The number of pyridine rings is 1. The lowest BCUT2D eigenvalue weighted by Gasteiger charge is -2.13. The fourth-order valence-electron chi connectivity index (χ4n) is 2.97. The van der Waals surface area contributed by atoms with Crippen molar-refractivity contribution in [2.24, 2.45) is 5.11 Å². The summed E-state index contributed by atoms with van der Waals surface area (Å²) in [6.45, 7) is 3.86. The minimum Gasteiger partial charge on any atom is -0.507 e. The number of aromatic nitrogens is 1. The molecule has 0 spiro atoms. The van der Waals surface area contributed by atoms with Gasteiger partial charge in [-0.05, 0) is 73.0 Å². The van der Waals surface area contributed by atoms with Crippen molar-refractivity contribution in [3.8, 4) is 28.5 Å². The lowest BCUT2D eigenvalue weighted by molar-refractivity contribution is 0.0597. The molecule has 33 heavy (non-hydrogen) atoms. The normalized spacial score (nSPS) is 10.5. The highest BCUT2D eigenvalue weighted by molar-refractivity contribution is 6.32. The molecule has 0 amide bonds. The van der Waals surface area contributed by atoms with Crippen LogP contribution in [-0.4, -0.2) is 29.3 Å². The van der Waals surface area contributed by atoms with Crippen LogP contribution in [0, 0.1) is 0 Å².